The van der Waals surface area contributed by atoms with E-state index in [1.807, 2.05) is 6.07 Å². The standard InChI is InChI=1S/C22H30N4O/c1-22(2,3)15-8-10-18-17(12-15)20(25-24-18)21(27)23-16-9-7-14-6-5-11-26(4)19(14)13-16/h7,9,13,15H,5-6,8,10-12H2,1-4H3,(H,23,27)(H,24,25)/t15-/m0/s1. The number of nitrogens with one attached hydrogen (secondary N) is 2. The third-order valence-corrected chi connectivity index (χ3v) is 6.28. The van der Waals surface area contributed by atoms with Gasteiger partial charge >= 0.3 is 0 Å². The highest BCUT2D eigenvalue weighted by atomic mass is 16.1. The molecule has 1 amide bonds. The summed E-state index contributed by atoms with van der Waals surface area (Å²) >= 11 is 0. The zero-order valence-electron chi connectivity index (χ0n) is 16.9. The highest BCUT2D eigenvalue weighted by molar-refractivity contribution is 6.04. The van der Waals surface area contributed by atoms with E-state index in [1.54, 1.807) is 0 Å². The molecule has 2 aliphatic rings. The molecule has 0 bridgehead atoms. The smallest absolute Gasteiger partial charge is 0.276 e. The normalized spacial score (nSPS) is 19.4. The second kappa shape index (κ2) is 6.70. The Kier molecular flexibility index (Phi) is 4.49. The van der Waals surface area contributed by atoms with Crippen molar-refractivity contribution in [2.75, 3.05) is 23.8 Å². The first-order valence-corrected chi connectivity index (χ1v) is 10.0. The van der Waals surface area contributed by atoms with Crippen LogP contribution in [0.2, 0.25) is 0 Å². The number of carbonyl (C=O) groups is 1. The molecule has 1 aromatic heterocycles. The minimum atomic E-state index is -0.111. The molecule has 2 N–H and O–H groups in total. The third kappa shape index (κ3) is 3.47. The first-order chi connectivity index (χ1) is 12.8. The van der Waals surface area contributed by atoms with E-state index in [1.165, 1.54) is 17.7 Å². The van der Waals surface area contributed by atoms with Crippen LogP contribution in [-0.4, -0.2) is 29.7 Å². The number of hydrogen-bond donors (Lipinski definition) is 2. The number of aromatic nitrogens is 2. The van der Waals surface area contributed by atoms with E-state index < -0.39 is 0 Å². The average Bonchev–Trinajstić information content (AvgIpc) is 3.05. The maximum Gasteiger partial charge on any atom is 0.276 e. The molecule has 2 aromatic rings. The summed E-state index contributed by atoms with van der Waals surface area (Å²) in [5.41, 5.74) is 6.45. The number of fused-ring (bicyclic) bond motifs is 2. The summed E-state index contributed by atoms with van der Waals surface area (Å²) in [7, 11) is 2.11. The predicted octanol–water partition coefficient (Wildman–Crippen LogP) is 4.20. The molecule has 0 fully saturated rings. The van der Waals surface area contributed by atoms with Crippen molar-refractivity contribution in [2.24, 2.45) is 11.3 Å². The summed E-state index contributed by atoms with van der Waals surface area (Å²) in [5.74, 6) is 0.465. The quantitative estimate of drug-likeness (QED) is 0.837. The molecule has 2 heterocycles. The molecule has 0 spiro atoms. The number of anilines is 2. The van der Waals surface area contributed by atoms with Gasteiger partial charge < -0.3 is 10.2 Å². The lowest BCUT2D eigenvalue weighted by molar-refractivity contribution is 0.102. The van der Waals surface area contributed by atoms with Crippen molar-refractivity contribution < 1.29 is 4.79 Å². The van der Waals surface area contributed by atoms with Crippen LogP contribution in [-0.2, 0) is 19.3 Å². The number of nitrogens with zero attached hydrogens (tertiary/aromatic N) is 2. The van der Waals surface area contributed by atoms with Crippen molar-refractivity contribution in [3.63, 3.8) is 0 Å². The Balaban J connectivity index is 1.55. The molecule has 5 heteroatoms. The van der Waals surface area contributed by atoms with Crippen LogP contribution >= 0.6 is 0 Å². The van der Waals surface area contributed by atoms with Gasteiger partial charge in [0.05, 0.1) is 0 Å². The Morgan fingerprint density at radius 1 is 1.30 bits per heavy atom. The fraction of sp³-hybridized carbons (Fsp3) is 0.545. The van der Waals surface area contributed by atoms with Gasteiger partial charge in [-0.05, 0) is 61.1 Å². The van der Waals surface area contributed by atoms with Crippen LogP contribution in [0.5, 0.6) is 0 Å². The first-order valence-electron chi connectivity index (χ1n) is 10.0. The molecule has 1 atom stereocenters. The fourth-order valence-electron chi connectivity index (χ4n) is 4.45. The number of carbonyl (C=O) groups excluding carboxylic acids is 1. The van der Waals surface area contributed by atoms with Crippen LogP contribution in [0, 0.1) is 11.3 Å². The maximum atomic E-state index is 12.9. The lowest BCUT2D eigenvalue weighted by Gasteiger charge is -2.33. The minimum absolute atomic E-state index is 0.111. The van der Waals surface area contributed by atoms with Gasteiger partial charge in [0, 0.05) is 36.2 Å². The van der Waals surface area contributed by atoms with E-state index >= 15 is 0 Å². The van der Waals surface area contributed by atoms with Crippen molar-refractivity contribution in [1.82, 2.24) is 10.2 Å². The van der Waals surface area contributed by atoms with E-state index in [4.69, 9.17) is 0 Å². The number of hydrogen-bond acceptors (Lipinski definition) is 3. The Morgan fingerprint density at radius 2 is 2.11 bits per heavy atom. The highest BCUT2D eigenvalue weighted by Gasteiger charge is 2.32. The Bertz CT molecular complexity index is 862. The van der Waals surface area contributed by atoms with Crippen molar-refractivity contribution in [1.29, 1.82) is 0 Å². The van der Waals surface area contributed by atoms with Gasteiger partial charge in [-0.25, -0.2) is 0 Å². The molecule has 0 radical (unpaired) electrons. The van der Waals surface area contributed by atoms with Gasteiger partial charge in [0.25, 0.3) is 5.91 Å². The van der Waals surface area contributed by atoms with Crippen molar-refractivity contribution in [3.8, 4) is 0 Å². The largest absolute Gasteiger partial charge is 0.374 e. The lowest BCUT2D eigenvalue weighted by atomic mass is 9.71. The van der Waals surface area contributed by atoms with Crippen LogP contribution < -0.4 is 10.2 Å². The maximum absolute atomic E-state index is 12.9. The van der Waals surface area contributed by atoms with Crippen LogP contribution in [0.1, 0.15) is 60.9 Å². The van der Waals surface area contributed by atoms with E-state index in [9.17, 15) is 4.79 Å². The molecular formula is C22H30N4O. The molecule has 0 unspecified atom stereocenters. The second-order valence-electron chi connectivity index (χ2n) is 9.16. The van der Waals surface area contributed by atoms with Crippen LogP contribution in [0.3, 0.4) is 0 Å². The van der Waals surface area contributed by atoms with Gasteiger partial charge in [0.1, 0.15) is 0 Å². The third-order valence-electron chi connectivity index (χ3n) is 6.28. The van der Waals surface area contributed by atoms with Crippen LogP contribution in [0.15, 0.2) is 18.2 Å². The number of aryl methyl sites for hydroxylation is 2. The first kappa shape index (κ1) is 18.1. The lowest BCUT2D eigenvalue weighted by Crippen LogP contribution is -2.28. The van der Waals surface area contributed by atoms with Gasteiger partial charge in [-0.15, -0.1) is 0 Å². The van der Waals surface area contributed by atoms with E-state index in [-0.39, 0.29) is 11.3 Å². The van der Waals surface area contributed by atoms with Crippen molar-refractivity contribution in [3.05, 3.63) is 40.7 Å². The topological polar surface area (TPSA) is 61.0 Å². The number of benzene rings is 1. The number of H-pyrrole nitrogens is 1. The number of amides is 1. The second-order valence-corrected chi connectivity index (χ2v) is 9.16. The molecular weight excluding hydrogens is 336 g/mol. The molecule has 1 aliphatic heterocycles. The zero-order chi connectivity index (χ0) is 19.2. The molecule has 144 valence electrons. The van der Waals surface area contributed by atoms with Gasteiger partial charge in [-0.2, -0.15) is 5.10 Å². The van der Waals surface area contributed by atoms with Gasteiger partial charge in [0.2, 0.25) is 0 Å². The zero-order valence-corrected chi connectivity index (χ0v) is 16.9. The van der Waals surface area contributed by atoms with Crippen molar-refractivity contribution >= 4 is 17.3 Å². The summed E-state index contributed by atoms with van der Waals surface area (Å²) in [6, 6.07) is 6.23. The number of rotatable bonds is 2. The molecule has 4 rings (SSSR count). The Hall–Kier alpha value is -2.30. The van der Waals surface area contributed by atoms with Crippen LogP contribution in [0.25, 0.3) is 0 Å². The van der Waals surface area contributed by atoms with E-state index in [2.05, 4.69) is 60.4 Å². The molecule has 5 nitrogen and oxygen atoms in total. The summed E-state index contributed by atoms with van der Waals surface area (Å²) in [5, 5.41) is 10.5. The minimum Gasteiger partial charge on any atom is -0.374 e. The summed E-state index contributed by atoms with van der Waals surface area (Å²) in [4.78, 5) is 15.2. The molecule has 0 saturated heterocycles. The molecule has 0 saturated carbocycles. The van der Waals surface area contributed by atoms with Crippen molar-refractivity contribution in [2.45, 2.75) is 52.9 Å². The molecule has 1 aromatic carbocycles. The van der Waals surface area contributed by atoms with E-state index in [0.717, 1.165) is 49.2 Å². The highest BCUT2D eigenvalue weighted by Crippen LogP contribution is 2.38. The molecule has 1 aliphatic carbocycles. The van der Waals surface area contributed by atoms with Gasteiger partial charge in [-0.1, -0.05) is 26.8 Å². The SMILES string of the molecule is CN1CCCc2ccc(NC(=O)c3n[nH]c4c3C[C@@H](C(C)(C)C)CC4)cc21. The number of aromatic amines is 1. The van der Waals surface area contributed by atoms with E-state index in [0.29, 0.717) is 11.6 Å². The monoisotopic (exact) mass is 366 g/mol. The fourth-order valence-corrected chi connectivity index (χ4v) is 4.45. The summed E-state index contributed by atoms with van der Waals surface area (Å²) in [6.45, 7) is 7.91. The average molecular weight is 367 g/mol. The van der Waals surface area contributed by atoms with Gasteiger partial charge in [-0.3, -0.25) is 9.89 Å². The molecule has 27 heavy (non-hydrogen) atoms. The summed E-state index contributed by atoms with van der Waals surface area (Å²) in [6.07, 6.45) is 5.33. The van der Waals surface area contributed by atoms with Gasteiger partial charge in [0.15, 0.2) is 5.69 Å². The predicted molar refractivity (Wildman–Crippen MR) is 110 cm³/mol. The Morgan fingerprint density at radius 3 is 2.89 bits per heavy atom. The van der Waals surface area contributed by atoms with Crippen LogP contribution in [0.4, 0.5) is 11.4 Å². The Labute approximate surface area is 161 Å². The summed E-state index contributed by atoms with van der Waals surface area (Å²) < 4.78 is 0.